The highest BCUT2D eigenvalue weighted by Gasteiger charge is 2.06. The molecule has 3 N–H and O–H groups in total. The third kappa shape index (κ3) is 7.62. The van der Waals surface area contributed by atoms with E-state index in [1.54, 1.807) is 6.20 Å². The second-order valence-corrected chi connectivity index (χ2v) is 5.09. The second-order valence-electron chi connectivity index (χ2n) is 5.09. The molecule has 1 amide bonds. The quantitative estimate of drug-likeness (QED) is 0.631. The molecule has 108 valence electrons. The van der Waals surface area contributed by atoms with Crippen molar-refractivity contribution in [1.29, 1.82) is 0 Å². The summed E-state index contributed by atoms with van der Waals surface area (Å²) in [5.41, 5.74) is 5.42. The number of hydrogen-bond donors (Lipinski definition) is 2. The summed E-state index contributed by atoms with van der Waals surface area (Å²) in [6.07, 6.45) is 8.57. The number of nitrogens with one attached hydrogen (secondary N) is 1. The molecule has 0 saturated carbocycles. The first-order valence-electron chi connectivity index (χ1n) is 7.16. The maximum Gasteiger partial charge on any atom is 0.220 e. The second kappa shape index (κ2) is 9.55. The van der Waals surface area contributed by atoms with Gasteiger partial charge in [-0.25, -0.2) is 0 Å². The SMILES string of the molecule is CC(CNC(=O)CCCCCCN)Cn1cccn1. The summed E-state index contributed by atoms with van der Waals surface area (Å²) < 4.78 is 1.89. The Morgan fingerprint density at radius 3 is 2.84 bits per heavy atom. The van der Waals surface area contributed by atoms with Crippen molar-refractivity contribution in [1.82, 2.24) is 15.1 Å². The van der Waals surface area contributed by atoms with Crippen molar-refractivity contribution < 1.29 is 4.79 Å². The Morgan fingerprint density at radius 1 is 1.37 bits per heavy atom. The van der Waals surface area contributed by atoms with Crippen molar-refractivity contribution in [3.63, 3.8) is 0 Å². The molecule has 1 aromatic heterocycles. The van der Waals surface area contributed by atoms with Crippen molar-refractivity contribution in [2.75, 3.05) is 13.1 Å². The van der Waals surface area contributed by atoms with Crippen molar-refractivity contribution in [2.24, 2.45) is 11.7 Å². The Labute approximate surface area is 115 Å². The lowest BCUT2D eigenvalue weighted by atomic mass is 10.1. The Balaban J connectivity index is 2.02. The molecular formula is C14H26N4O. The zero-order valence-corrected chi connectivity index (χ0v) is 11.8. The van der Waals surface area contributed by atoms with Gasteiger partial charge in [0.2, 0.25) is 5.91 Å². The monoisotopic (exact) mass is 266 g/mol. The van der Waals surface area contributed by atoms with Crippen molar-refractivity contribution in [2.45, 2.75) is 45.6 Å². The van der Waals surface area contributed by atoms with Crippen LogP contribution >= 0.6 is 0 Å². The molecule has 0 aromatic carbocycles. The number of carbonyl (C=O) groups excluding carboxylic acids is 1. The van der Waals surface area contributed by atoms with Crippen LogP contribution in [0, 0.1) is 5.92 Å². The van der Waals surface area contributed by atoms with Gasteiger partial charge in [-0.3, -0.25) is 9.48 Å². The first-order chi connectivity index (χ1) is 9.22. The maximum absolute atomic E-state index is 11.6. The number of amides is 1. The molecule has 1 atom stereocenters. The number of aromatic nitrogens is 2. The molecule has 1 aromatic rings. The van der Waals surface area contributed by atoms with Gasteiger partial charge in [0.05, 0.1) is 0 Å². The summed E-state index contributed by atoms with van der Waals surface area (Å²) >= 11 is 0. The Bertz CT molecular complexity index is 337. The van der Waals surface area contributed by atoms with Crippen molar-refractivity contribution in [3.05, 3.63) is 18.5 Å². The molecule has 0 saturated heterocycles. The smallest absolute Gasteiger partial charge is 0.220 e. The van der Waals surface area contributed by atoms with Crippen LogP contribution < -0.4 is 11.1 Å². The van der Waals surface area contributed by atoms with Crippen LogP contribution in [-0.4, -0.2) is 28.8 Å². The van der Waals surface area contributed by atoms with Gasteiger partial charge in [-0.05, 0) is 31.4 Å². The maximum atomic E-state index is 11.6. The van der Waals surface area contributed by atoms with E-state index in [0.717, 1.165) is 38.8 Å². The van der Waals surface area contributed by atoms with Crippen molar-refractivity contribution in [3.8, 4) is 0 Å². The van der Waals surface area contributed by atoms with Crippen LogP contribution in [0.1, 0.15) is 39.0 Å². The normalized spacial score (nSPS) is 12.3. The van der Waals surface area contributed by atoms with Gasteiger partial charge in [0.15, 0.2) is 0 Å². The zero-order chi connectivity index (χ0) is 13.9. The van der Waals surface area contributed by atoms with E-state index in [1.807, 2.05) is 16.9 Å². The van der Waals surface area contributed by atoms with E-state index >= 15 is 0 Å². The van der Waals surface area contributed by atoms with E-state index in [4.69, 9.17) is 5.73 Å². The first-order valence-corrected chi connectivity index (χ1v) is 7.16. The highest BCUT2D eigenvalue weighted by molar-refractivity contribution is 5.75. The van der Waals surface area contributed by atoms with Gasteiger partial charge in [-0.1, -0.05) is 19.8 Å². The van der Waals surface area contributed by atoms with Gasteiger partial charge in [0, 0.05) is 31.9 Å². The van der Waals surface area contributed by atoms with Crippen LogP contribution in [0.5, 0.6) is 0 Å². The third-order valence-corrected chi connectivity index (χ3v) is 3.06. The molecule has 5 heteroatoms. The van der Waals surface area contributed by atoms with Gasteiger partial charge in [-0.2, -0.15) is 5.10 Å². The lowest BCUT2D eigenvalue weighted by Crippen LogP contribution is -2.29. The molecule has 1 heterocycles. The number of hydrogen-bond acceptors (Lipinski definition) is 3. The highest BCUT2D eigenvalue weighted by Crippen LogP contribution is 2.03. The van der Waals surface area contributed by atoms with Crippen LogP contribution in [0.2, 0.25) is 0 Å². The van der Waals surface area contributed by atoms with E-state index in [0.29, 0.717) is 18.9 Å². The molecule has 5 nitrogen and oxygen atoms in total. The van der Waals surface area contributed by atoms with Crippen LogP contribution in [-0.2, 0) is 11.3 Å². The van der Waals surface area contributed by atoms with Crippen LogP contribution in [0.15, 0.2) is 18.5 Å². The topological polar surface area (TPSA) is 72.9 Å². The van der Waals surface area contributed by atoms with E-state index < -0.39 is 0 Å². The van der Waals surface area contributed by atoms with Gasteiger partial charge in [0.1, 0.15) is 0 Å². The summed E-state index contributed by atoms with van der Waals surface area (Å²) in [6.45, 7) is 4.41. The Hall–Kier alpha value is -1.36. The van der Waals surface area contributed by atoms with E-state index in [2.05, 4.69) is 17.3 Å². The van der Waals surface area contributed by atoms with Gasteiger partial charge >= 0.3 is 0 Å². The Kier molecular flexibility index (Phi) is 7.89. The van der Waals surface area contributed by atoms with Gasteiger partial charge in [0.25, 0.3) is 0 Å². The predicted octanol–water partition coefficient (Wildman–Crippen LogP) is 1.54. The van der Waals surface area contributed by atoms with Gasteiger partial charge in [-0.15, -0.1) is 0 Å². The molecule has 0 aliphatic carbocycles. The average molecular weight is 266 g/mol. The number of unbranched alkanes of at least 4 members (excludes halogenated alkanes) is 3. The number of carbonyl (C=O) groups is 1. The molecular weight excluding hydrogens is 240 g/mol. The molecule has 0 radical (unpaired) electrons. The van der Waals surface area contributed by atoms with E-state index in [-0.39, 0.29) is 5.91 Å². The van der Waals surface area contributed by atoms with E-state index in [9.17, 15) is 4.79 Å². The minimum Gasteiger partial charge on any atom is -0.356 e. The van der Waals surface area contributed by atoms with Gasteiger partial charge < -0.3 is 11.1 Å². The van der Waals surface area contributed by atoms with E-state index in [1.165, 1.54) is 0 Å². The third-order valence-electron chi connectivity index (χ3n) is 3.06. The highest BCUT2D eigenvalue weighted by atomic mass is 16.1. The van der Waals surface area contributed by atoms with Crippen LogP contribution in [0.25, 0.3) is 0 Å². The standard InChI is InChI=1S/C14H26N4O/c1-13(12-18-10-6-9-17-18)11-16-14(19)7-4-2-3-5-8-15/h6,9-10,13H,2-5,7-8,11-12,15H2,1H3,(H,16,19). The summed E-state index contributed by atoms with van der Waals surface area (Å²) in [7, 11) is 0. The lowest BCUT2D eigenvalue weighted by molar-refractivity contribution is -0.121. The Morgan fingerprint density at radius 2 is 2.16 bits per heavy atom. The molecule has 0 fully saturated rings. The molecule has 19 heavy (non-hydrogen) atoms. The molecule has 1 unspecified atom stereocenters. The largest absolute Gasteiger partial charge is 0.356 e. The molecule has 0 bridgehead atoms. The fourth-order valence-corrected chi connectivity index (χ4v) is 1.95. The summed E-state index contributed by atoms with van der Waals surface area (Å²) in [5, 5.41) is 7.14. The van der Waals surface area contributed by atoms with Crippen molar-refractivity contribution >= 4 is 5.91 Å². The summed E-state index contributed by atoms with van der Waals surface area (Å²) in [6, 6.07) is 1.91. The predicted molar refractivity (Wildman–Crippen MR) is 76.5 cm³/mol. The average Bonchev–Trinajstić information content (AvgIpc) is 2.89. The summed E-state index contributed by atoms with van der Waals surface area (Å²) in [4.78, 5) is 11.6. The number of nitrogens with two attached hydrogens (primary N) is 1. The molecule has 1 rings (SSSR count). The number of rotatable bonds is 10. The lowest BCUT2D eigenvalue weighted by Gasteiger charge is -2.12. The minimum absolute atomic E-state index is 0.153. The fourth-order valence-electron chi connectivity index (χ4n) is 1.95. The van der Waals surface area contributed by atoms with Crippen LogP contribution in [0.3, 0.4) is 0 Å². The summed E-state index contributed by atoms with van der Waals surface area (Å²) in [5.74, 6) is 0.543. The fraction of sp³-hybridized carbons (Fsp3) is 0.714. The molecule has 0 aliphatic rings. The molecule has 0 spiro atoms. The molecule has 0 aliphatic heterocycles. The minimum atomic E-state index is 0.153. The number of nitrogens with zero attached hydrogens (tertiary/aromatic N) is 2. The zero-order valence-electron chi connectivity index (χ0n) is 11.8. The first kappa shape index (κ1) is 15.7. The van der Waals surface area contributed by atoms with Crippen LogP contribution in [0.4, 0.5) is 0 Å².